The smallest absolute Gasteiger partial charge is 0.252 e. The lowest BCUT2D eigenvalue weighted by atomic mass is 10.1. The van der Waals surface area contributed by atoms with Gasteiger partial charge in [-0.2, -0.15) is 0 Å². The Morgan fingerprint density at radius 2 is 1.88 bits per heavy atom. The molecule has 0 aliphatic carbocycles. The molecule has 0 spiro atoms. The van der Waals surface area contributed by atoms with Crippen LogP contribution in [0, 0.1) is 13.8 Å². The fourth-order valence-electron chi connectivity index (χ4n) is 1.89. The first kappa shape index (κ1) is 12.7. The van der Waals surface area contributed by atoms with E-state index < -0.39 is 0 Å². The maximum absolute atomic E-state index is 11.9. The summed E-state index contributed by atoms with van der Waals surface area (Å²) in [6, 6.07) is 6.04. The van der Waals surface area contributed by atoms with Crippen LogP contribution in [0.15, 0.2) is 18.2 Å². The summed E-state index contributed by atoms with van der Waals surface area (Å²) in [6.07, 6.45) is 0. The summed E-state index contributed by atoms with van der Waals surface area (Å²) >= 11 is 0. The first-order valence-electron chi connectivity index (χ1n) is 5.47. The molecular formula is C13H19NO2. The van der Waals surface area contributed by atoms with Gasteiger partial charge < -0.3 is 9.64 Å². The number of methoxy groups -OCH3 is 1. The Labute approximate surface area is 97.0 Å². The maximum Gasteiger partial charge on any atom is 0.252 e. The number of benzene rings is 1. The van der Waals surface area contributed by atoms with Gasteiger partial charge in [-0.1, -0.05) is 18.2 Å². The number of ether oxygens (including phenoxy) is 1. The monoisotopic (exact) mass is 221 g/mol. The number of likely N-dealkylation sites (N-methyl/N-ethyl adjacent to an activating group) is 1. The Balaban J connectivity index is 3.08. The van der Waals surface area contributed by atoms with Gasteiger partial charge >= 0.3 is 0 Å². The minimum Gasteiger partial charge on any atom is -0.375 e. The van der Waals surface area contributed by atoms with E-state index in [-0.39, 0.29) is 12.5 Å². The highest BCUT2D eigenvalue weighted by Crippen LogP contribution is 2.24. The molecule has 1 amide bonds. The van der Waals surface area contributed by atoms with Crippen LogP contribution in [0.5, 0.6) is 0 Å². The van der Waals surface area contributed by atoms with Crippen molar-refractivity contribution in [1.29, 1.82) is 0 Å². The Hall–Kier alpha value is -1.35. The van der Waals surface area contributed by atoms with Crippen molar-refractivity contribution < 1.29 is 9.53 Å². The lowest BCUT2D eigenvalue weighted by Gasteiger charge is -2.24. The highest BCUT2D eigenvalue weighted by molar-refractivity contribution is 5.95. The SMILES string of the molecule is CCN(C(=O)COC)c1c(C)cccc1C. The third-order valence-electron chi connectivity index (χ3n) is 2.59. The minimum absolute atomic E-state index is 0.00222. The predicted molar refractivity (Wildman–Crippen MR) is 65.8 cm³/mol. The average Bonchev–Trinajstić information content (AvgIpc) is 2.24. The van der Waals surface area contributed by atoms with E-state index in [1.165, 1.54) is 7.11 Å². The summed E-state index contributed by atoms with van der Waals surface area (Å²) in [5.74, 6) is 0.00222. The largest absolute Gasteiger partial charge is 0.375 e. The molecule has 3 nitrogen and oxygen atoms in total. The van der Waals surface area contributed by atoms with Crippen molar-refractivity contribution in [3.8, 4) is 0 Å². The van der Waals surface area contributed by atoms with Crippen LogP contribution in [-0.4, -0.2) is 26.2 Å². The molecule has 0 bridgehead atoms. The first-order chi connectivity index (χ1) is 7.61. The van der Waals surface area contributed by atoms with Crippen molar-refractivity contribution in [2.75, 3.05) is 25.2 Å². The summed E-state index contributed by atoms with van der Waals surface area (Å²) < 4.78 is 4.90. The van der Waals surface area contributed by atoms with Crippen LogP contribution in [0.3, 0.4) is 0 Å². The lowest BCUT2D eigenvalue weighted by Crippen LogP contribution is -2.34. The van der Waals surface area contributed by atoms with Gasteiger partial charge in [-0.05, 0) is 31.9 Å². The number of aryl methyl sites for hydroxylation is 2. The number of hydrogen-bond acceptors (Lipinski definition) is 2. The van der Waals surface area contributed by atoms with E-state index in [4.69, 9.17) is 4.74 Å². The second-order valence-electron chi connectivity index (χ2n) is 3.81. The summed E-state index contributed by atoms with van der Waals surface area (Å²) in [6.45, 7) is 6.80. The molecule has 0 unspecified atom stereocenters. The van der Waals surface area contributed by atoms with Crippen molar-refractivity contribution in [2.24, 2.45) is 0 Å². The molecule has 0 fully saturated rings. The molecule has 3 heteroatoms. The third-order valence-corrected chi connectivity index (χ3v) is 2.59. The molecule has 0 saturated carbocycles. The summed E-state index contributed by atoms with van der Waals surface area (Å²) in [7, 11) is 1.54. The van der Waals surface area contributed by atoms with Crippen LogP contribution in [0.1, 0.15) is 18.1 Å². The van der Waals surface area contributed by atoms with Crippen LogP contribution in [-0.2, 0) is 9.53 Å². The fourth-order valence-corrected chi connectivity index (χ4v) is 1.89. The summed E-state index contributed by atoms with van der Waals surface area (Å²) in [4.78, 5) is 13.7. The number of para-hydroxylation sites is 1. The Morgan fingerprint density at radius 1 is 1.31 bits per heavy atom. The van der Waals surface area contributed by atoms with E-state index in [9.17, 15) is 4.79 Å². The van der Waals surface area contributed by atoms with Crippen LogP contribution < -0.4 is 4.90 Å². The topological polar surface area (TPSA) is 29.5 Å². The van der Waals surface area contributed by atoms with E-state index in [0.29, 0.717) is 6.54 Å². The van der Waals surface area contributed by atoms with Crippen LogP contribution in [0.4, 0.5) is 5.69 Å². The van der Waals surface area contributed by atoms with Gasteiger partial charge in [-0.3, -0.25) is 4.79 Å². The Kier molecular flexibility index (Phi) is 4.50. The molecule has 0 N–H and O–H groups in total. The number of anilines is 1. The van der Waals surface area contributed by atoms with Crippen molar-refractivity contribution >= 4 is 11.6 Å². The predicted octanol–water partition coefficient (Wildman–Crippen LogP) is 2.30. The highest BCUT2D eigenvalue weighted by Gasteiger charge is 2.16. The summed E-state index contributed by atoms with van der Waals surface area (Å²) in [5, 5.41) is 0. The number of carbonyl (C=O) groups is 1. The van der Waals surface area contributed by atoms with Crippen molar-refractivity contribution in [3.63, 3.8) is 0 Å². The number of rotatable bonds is 4. The molecule has 0 heterocycles. The average molecular weight is 221 g/mol. The minimum atomic E-state index is 0.00222. The zero-order valence-electron chi connectivity index (χ0n) is 10.4. The molecule has 1 aromatic carbocycles. The molecule has 0 aliphatic rings. The second kappa shape index (κ2) is 5.66. The van der Waals surface area contributed by atoms with Crippen LogP contribution in [0.2, 0.25) is 0 Å². The van der Waals surface area contributed by atoms with E-state index in [1.54, 1.807) is 4.90 Å². The maximum atomic E-state index is 11.9. The second-order valence-corrected chi connectivity index (χ2v) is 3.81. The van der Waals surface area contributed by atoms with Crippen molar-refractivity contribution in [2.45, 2.75) is 20.8 Å². The van der Waals surface area contributed by atoms with Crippen molar-refractivity contribution in [1.82, 2.24) is 0 Å². The van der Waals surface area contributed by atoms with Gasteiger partial charge in [0.05, 0.1) is 0 Å². The van der Waals surface area contributed by atoms with Crippen LogP contribution in [0.25, 0.3) is 0 Å². The van der Waals surface area contributed by atoms with E-state index in [0.717, 1.165) is 16.8 Å². The van der Waals surface area contributed by atoms with E-state index in [2.05, 4.69) is 0 Å². The van der Waals surface area contributed by atoms with E-state index >= 15 is 0 Å². The third kappa shape index (κ3) is 2.61. The van der Waals surface area contributed by atoms with Gasteiger partial charge in [0.1, 0.15) is 6.61 Å². The quantitative estimate of drug-likeness (QED) is 0.780. The number of nitrogens with zero attached hydrogens (tertiary/aromatic N) is 1. The summed E-state index contributed by atoms with van der Waals surface area (Å²) in [5.41, 5.74) is 3.24. The van der Waals surface area contributed by atoms with Gasteiger partial charge in [-0.25, -0.2) is 0 Å². The molecule has 0 atom stereocenters. The molecule has 1 rings (SSSR count). The lowest BCUT2D eigenvalue weighted by molar-refractivity contribution is -0.122. The van der Waals surface area contributed by atoms with E-state index in [1.807, 2.05) is 39.0 Å². The molecular weight excluding hydrogens is 202 g/mol. The zero-order chi connectivity index (χ0) is 12.1. The molecule has 0 aromatic heterocycles. The first-order valence-corrected chi connectivity index (χ1v) is 5.47. The van der Waals surface area contributed by atoms with Gasteiger partial charge in [0.15, 0.2) is 0 Å². The Morgan fingerprint density at radius 3 is 2.31 bits per heavy atom. The number of hydrogen-bond donors (Lipinski definition) is 0. The standard InChI is InChI=1S/C13H19NO2/c1-5-14(12(15)9-16-4)13-10(2)7-6-8-11(13)3/h6-8H,5,9H2,1-4H3. The highest BCUT2D eigenvalue weighted by atomic mass is 16.5. The van der Waals surface area contributed by atoms with Gasteiger partial charge in [0.25, 0.3) is 5.91 Å². The van der Waals surface area contributed by atoms with Crippen LogP contribution >= 0.6 is 0 Å². The zero-order valence-corrected chi connectivity index (χ0v) is 10.4. The molecule has 88 valence electrons. The Bertz CT molecular complexity index is 354. The van der Waals surface area contributed by atoms with Gasteiger partial charge in [-0.15, -0.1) is 0 Å². The van der Waals surface area contributed by atoms with Gasteiger partial charge in [0, 0.05) is 19.3 Å². The molecule has 16 heavy (non-hydrogen) atoms. The molecule has 1 aromatic rings. The normalized spacial score (nSPS) is 10.2. The fraction of sp³-hybridized carbons (Fsp3) is 0.462. The van der Waals surface area contributed by atoms with Crippen molar-refractivity contribution in [3.05, 3.63) is 29.3 Å². The molecule has 0 radical (unpaired) electrons. The number of carbonyl (C=O) groups excluding carboxylic acids is 1. The number of amides is 1. The molecule has 0 aliphatic heterocycles. The molecule has 0 saturated heterocycles. The van der Waals surface area contributed by atoms with Gasteiger partial charge in [0.2, 0.25) is 0 Å².